The molecule has 0 radical (unpaired) electrons. The summed E-state index contributed by atoms with van der Waals surface area (Å²) in [5, 5.41) is 0. The molecule has 1 atom stereocenters. The Balaban J connectivity index is 4.05. The molecule has 0 aliphatic heterocycles. The molecule has 0 N–H and O–H groups in total. The van der Waals surface area contributed by atoms with Crippen molar-refractivity contribution >= 4 is 5.97 Å². The summed E-state index contributed by atoms with van der Waals surface area (Å²) in [6.07, 6.45) is 2.41. The third kappa shape index (κ3) is 2.67. The van der Waals surface area contributed by atoms with Crippen molar-refractivity contribution in [2.45, 2.75) is 32.8 Å². The van der Waals surface area contributed by atoms with Crippen LogP contribution in [0.3, 0.4) is 0 Å². The first kappa shape index (κ1) is 9.21. The van der Waals surface area contributed by atoms with Crippen LogP contribution < -0.4 is 0 Å². The molecule has 0 aliphatic carbocycles. The van der Waals surface area contributed by atoms with Gasteiger partial charge in [-0.2, -0.15) is 0 Å². The van der Waals surface area contributed by atoms with Crippen molar-refractivity contribution in [3.63, 3.8) is 0 Å². The first-order valence-electron chi connectivity index (χ1n) is 3.37. The molecule has 0 spiro atoms. The second-order valence-electron chi connectivity index (χ2n) is 2.46. The largest absolute Gasteiger partial charge is 0.455 e. The predicted molar refractivity (Wildman–Crippen MR) is 40.7 cm³/mol. The highest BCUT2D eigenvalue weighted by Gasteiger charge is 2.19. The molecule has 0 fully saturated rings. The van der Waals surface area contributed by atoms with Crippen molar-refractivity contribution in [1.82, 2.24) is 0 Å². The minimum absolute atomic E-state index is 0.260. The third-order valence-corrected chi connectivity index (χ3v) is 1.51. The summed E-state index contributed by atoms with van der Waals surface area (Å²) in [7, 11) is 0. The molecule has 58 valence electrons. The minimum Gasteiger partial charge on any atom is -0.455 e. The standard InChI is InChI=1S/C8H14O2/c1-5-8(4,6-2)10-7(3)9/h5H,1,6H2,2-4H3. The summed E-state index contributed by atoms with van der Waals surface area (Å²) in [4.78, 5) is 10.5. The number of carbonyl (C=O) groups is 1. The van der Waals surface area contributed by atoms with Gasteiger partial charge >= 0.3 is 5.97 Å². The number of rotatable bonds is 3. The maximum atomic E-state index is 10.5. The summed E-state index contributed by atoms with van der Waals surface area (Å²) in [5.41, 5.74) is -0.480. The highest BCUT2D eigenvalue weighted by Crippen LogP contribution is 2.15. The Morgan fingerprint density at radius 3 is 2.40 bits per heavy atom. The van der Waals surface area contributed by atoms with Crippen LogP contribution >= 0.6 is 0 Å². The lowest BCUT2D eigenvalue weighted by atomic mass is 10.0. The van der Waals surface area contributed by atoms with Crippen molar-refractivity contribution < 1.29 is 9.53 Å². The second-order valence-corrected chi connectivity index (χ2v) is 2.46. The number of carbonyl (C=O) groups excluding carboxylic acids is 1. The third-order valence-electron chi connectivity index (χ3n) is 1.51. The van der Waals surface area contributed by atoms with Gasteiger partial charge in [0.05, 0.1) is 0 Å². The maximum Gasteiger partial charge on any atom is 0.303 e. The number of hydrogen-bond acceptors (Lipinski definition) is 2. The van der Waals surface area contributed by atoms with Gasteiger partial charge in [-0.1, -0.05) is 13.5 Å². The molecule has 10 heavy (non-hydrogen) atoms. The Labute approximate surface area is 61.9 Å². The van der Waals surface area contributed by atoms with E-state index in [9.17, 15) is 4.79 Å². The average molecular weight is 142 g/mol. The smallest absolute Gasteiger partial charge is 0.303 e. The average Bonchev–Trinajstić information content (AvgIpc) is 1.87. The molecule has 0 aromatic heterocycles. The van der Waals surface area contributed by atoms with Gasteiger partial charge in [0.15, 0.2) is 0 Å². The van der Waals surface area contributed by atoms with Crippen LogP contribution in [0.5, 0.6) is 0 Å². The summed E-state index contributed by atoms with van der Waals surface area (Å²) < 4.78 is 4.98. The molecule has 0 rings (SSSR count). The van der Waals surface area contributed by atoms with Crippen molar-refractivity contribution in [1.29, 1.82) is 0 Å². The van der Waals surface area contributed by atoms with Crippen LogP contribution in [-0.4, -0.2) is 11.6 Å². The van der Waals surface area contributed by atoms with E-state index in [0.29, 0.717) is 0 Å². The Hall–Kier alpha value is -0.790. The van der Waals surface area contributed by atoms with Gasteiger partial charge in [-0.25, -0.2) is 0 Å². The van der Waals surface area contributed by atoms with Crippen molar-refractivity contribution in [3.05, 3.63) is 12.7 Å². The van der Waals surface area contributed by atoms with Gasteiger partial charge in [0, 0.05) is 6.92 Å². The first-order chi connectivity index (χ1) is 4.54. The molecule has 0 bridgehead atoms. The van der Waals surface area contributed by atoms with Gasteiger partial charge < -0.3 is 4.74 Å². The van der Waals surface area contributed by atoms with Crippen LogP contribution in [0.4, 0.5) is 0 Å². The molecule has 0 aromatic carbocycles. The quantitative estimate of drug-likeness (QED) is 0.444. The van der Waals surface area contributed by atoms with Gasteiger partial charge in [-0.3, -0.25) is 4.79 Å². The SMILES string of the molecule is C=CC(C)(CC)OC(C)=O. The normalized spacial score (nSPS) is 15.5. The first-order valence-corrected chi connectivity index (χ1v) is 3.37. The van der Waals surface area contributed by atoms with Crippen LogP contribution in [0.25, 0.3) is 0 Å². The topological polar surface area (TPSA) is 26.3 Å². The van der Waals surface area contributed by atoms with E-state index in [2.05, 4.69) is 6.58 Å². The monoisotopic (exact) mass is 142 g/mol. The molecule has 0 saturated heterocycles. The van der Waals surface area contributed by atoms with Crippen LogP contribution in [0.2, 0.25) is 0 Å². The van der Waals surface area contributed by atoms with Gasteiger partial charge in [0.2, 0.25) is 0 Å². The Morgan fingerprint density at radius 2 is 2.30 bits per heavy atom. The molecule has 0 amide bonds. The van der Waals surface area contributed by atoms with Gasteiger partial charge in [-0.05, 0) is 19.4 Å². The highest BCUT2D eigenvalue weighted by atomic mass is 16.6. The molecule has 2 nitrogen and oxygen atoms in total. The van der Waals surface area contributed by atoms with Crippen LogP contribution in [0.1, 0.15) is 27.2 Å². The van der Waals surface area contributed by atoms with E-state index in [1.807, 2.05) is 13.8 Å². The van der Waals surface area contributed by atoms with Gasteiger partial charge in [-0.15, -0.1) is 0 Å². The maximum absolute atomic E-state index is 10.5. The summed E-state index contributed by atoms with van der Waals surface area (Å²) in [6.45, 7) is 8.76. The van der Waals surface area contributed by atoms with Crippen molar-refractivity contribution in [2.75, 3.05) is 0 Å². The fourth-order valence-electron chi connectivity index (χ4n) is 0.587. The summed E-state index contributed by atoms with van der Waals surface area (Å²) in [5.74, 6) is -0.260. The Kier molecular flexibility index (Phi) is 3.13. The van der Waals surface area contributed by atoms with Crippen LogP contribution in [0.15, 0.2) is 12.7 Å². The fourth-order valence-corrected chi connectivity index (χ4v) is 0.587. The zero-order valence-corrected chi connectivity index (χ0v) is 6.81. The van der Waals surface area contributed by atoms with E-state index < -0.39 is 5.60 Å². The predicted octanol–water partition coefficient (Wildman–Crippen LogP) is 1.90. The summed E-state index contributed by atoms with van der Waals surface area (Å²) in [6, 6.07) is 0. The molecule has 2 heteroatoms. The highest BCUT2D eigenvalue weighted by molar-refractivity contribution is 5.66. The Bertz CT molecular complexity index is 140. The Morgan fingerprint density at radius 1 is 1.80 bits per heavy atom. The number of hydrogen-bond donors (Lipinski definition) is 0. The zero-order valence-electron chi connectivity index (χ0n) is 6.81. The number of esters is 1. The van der Waals surface area contributed by atoms with E-state index in [-0.39, 0.29) is 5.97 Å². The van der Waals surface area contributed by atoms with E-state index in [4.69, 9.17) is 4.74 Å². The molecule has 0 saturated carbocycles. The summed E-state index contributed by atoms with van der Waals surface area (Å²) >= 11 is 0. The lowest BCUT2D eigenvalue weighted by molar-refractivity contribution is -0.151. The molecular weight excluding hydrogens is 128 g/mol. The zero-order chi connectivity index (χ0) is 8.20. The molecule has 0 heterocycles. The van der Waals surface area contributed by atoms with E-state index in [1.54, 1.807) is 6.08 Å². The van der Waals surface area contributed by atoms with E-state index in [1.165, 1.54) is 6.92 Å². The van der Waals surface area contributed by atoms with E-state index >= 15 is 0 Å². The van der Waals surface area contributed by atoms with Crippen molar-refractivity contribution in [2.24, 2.45) is 0 Å². The molecule has 0 aromatic rings. The molecule has 0 aliphatic rings. The van der Waals surface area contributed by atoms with Crippen LogP contribution in [-0.2, 0) is 9.53 Å². The second kappa shape index (κ2) is 3.40. The minimum atomic E-state index is -0.480. The number of ether oxygens (including phenoxy) is 1. The lowest BCUT2D eigenvalue weighted by Crippen LogP contribution is -2.26. The van der Waals surface area contributed by atoms with Gasteiger partial charge in [0.25, 0.3) is 0 Å². The van der Waals surface area contributed by atoms with Gasteiger partial charge in [0.1, 0.15) is 5.60 Å². The fraction of sp³-hybridized carbons (Fsp3) is 0.625. The van der Waals surface area contributed by atoms with Crippen LogP contribution in [0, 0.1) is 0 Å². The molecule has 1 unspecified atom stereocenters. The van der Waals surface area contributed by atoms with Crippen molar-refractivity contribution in [3.8, 4) is 0 Å². The molecular formula is C8H14O2. The lowest BCUT2D eigenvalue weighted by Gasteiger charge is -2.23. The van der Waals surface area contributed by atoms with E-state index in [0.717, 1.165) is 6.42 Å².